The fourth-order valence-corrected chi connectivity index (χ4v) is 16.0. The van der Waals surface area contributed by atoms with Crippen LogP contribution < -0.4 is 0 Å². The first-order valence-corrected chi connectivity index (χ1v) is 14.0. The van der Waals surface area contributed by atoms with E-state index >= 15 is 0 Å². The zero-order chi connectivity index (χ0) is 12.7. The first kappa shape index (κ1) is 16.6. The summed E-state index contributed by atoms with van der Waals surface area (Å²) >= 11 is -2.15. The van der Waals surface area contributed by atoms with E-state index in [4.69, 9.17) is 12.3 Å². The van der Waals surface area contributed by atoms with E-state index in [1.807, 2.05) is 20.4 Å². The first-order valence-electron chi connectivity index (χ1n) is 6.49. The molecule has 0 atom stereocenters. The molecule has 0 rings (SSSR count). The average molecular weight is 309 g/mol. The normalized spacial score (nSPS) is 13.1. The second-order valence-electron chi connectivity index (χ2n) is 4.07. The summed E-state index contributed by atoms with van der Waals surface area (Å²) < 4.78 is 18.0. The van der Waals surface area contributed by atoms with Gasteiger partial charge in [0.25, 0.3) is 0 Å². The van der Waals surface area contributed by atoms with Crippen molar-refractivity contribution in [3.05, 3.63) is 0 Å². The van der Waals surface area contributed by atoms with Gasteiger partial charge in [0.15, 0.2) is 0 Å². The quantitative estimate of drug-likeness (QED) is 0.609. The molecule has 0 amide bonds. The summed E-state index contributed by atoms with van der Waals surface area (Å²) in [6, 6.07) is 0. The van der Waals surface area contributed by atoms with Crippen molar-refractivity contribution in [1.82, 2.24) is 0 Å². The van der Waals surface area contributed by atoms with E-state index in [1.165, 1.54) is 15.8 Å². The molecule has 0 N–H and O–H groups in total. The molecule has 0 aliphatic heterocycles. The molecule has 0 aromatic rings. The third-order valence-corrected chi connectivity index (χ3v) is 18.7. The number of rotatable bonds is 9. The number of hydrogen-bond acceptors (Lipinski definition) is 3. The summed E-state index contributed by atoms with van der Waals surface area (Å²) in [7, 11) is -2.36. The van der Waals surface area contributed by atoms with Gasteiger partial charge in [-0.25, -0.2) is 0 Å². The van der Waals surface area contributed by atoms with E-state index in [0.29, 0.717) is 13.2 Å². The monoisotopic (exact) mass is 310 g/mol. The third kappa shape index (κ3) is 4.87. The Morgan fingerprint density at radius 3 is 1.44 bits per heavy atom. The van der Waals surface area contributed by atoms with Crippen molar-refractivity contribution in [2.75, 3.05) is 13.2 Å². The second-order valence-corrected chi connectivity index (χ2v) is 17.3. The van der Waals surface area contributed by atoms with Crippen LogP contribution in [0.1, 0.15) is 34.6 Å². The van der Waals surface area contributed by atoms with Crippen LogP contribution >= 0.6 is 0 Å². The van der Waals surface area contributed by atoms with E-state index in [0.717, 1.165) is 0 Å². The van der Waals surface area contributed by atoms with Crippen molar-refractivity contribution in [3.63, 3.8) is 0 Å². The van der Waals surface area contributed by atoms with E-state index < -0.39 is 22.4 Å². The van der Waals surface area contributed by atoms with Crippen molar-refractivity contribution >= 4 is 22.4 Å². The van der Waals surface area contributed by atoms with Gasteiger partial charge in [0.2, 0.25) is 0 Å². The molecule has 0 radical (unpaired) electrons. The zero-order valence-corrected chi connectivity index (χ0v) is 14.9. The van der Waals surface area contributed by atoms with E-state index in [-0.39, 0.29) is 0 Å². The molecule has 0 aromatic carbocycles. The SMILES string of the molecule is CCO[Si](C)(OCC)[O][Ge]([CH2]C)([CH2]C)[CH2]C. The molecule has 0 fully saturated rings. The fraction of sp³-hybridized carbons (Fsp3) is 1.00. The van der Waals surface area contributed by atoms with Crippen LogP contribution in [0.3, 0.4) is 0 Å². The Bertz CT molecular complexity index is 172. The van der Waals surface area contributed by atoms with Crippen molar-refractivity contribution in [2.24, 2.45) is 0 Å². The summed E-state index contributed by atoms with van der Waals surface area (Å²) in [5, 5.41) is 3.57. The molecule has 0 bridgehead atoms. The molecule has 0 aromatic heterocycles. The van der Waals surface area contributed by atoms with Crippen molar-refractivity contribution in [1.29, 1.82) is 0 Å². The Morgan fingerprint density at radius 1 is 0.812 bits per heavy atom. The maximum absolute atomic E-state index is 6.44. The minimum absolute atomic E-state index is 0.679. The van der Waals surface area contributed by atoms with Crippen LogP contribution in [0.5, 0.6) is 0 Å². The van der Waals surface area contributed by atoms with Gasteiger partial charge in [-0.1, -0.05) is 0 Å². The molecular formula is C11H28GeO3Si. The first-order chi connectivity index (χ1) is 7.51. The molecule has 98 valence electrons. The minimum atomic E-state index is -2.36. The molecule has 0 aliphatic rings. The molecule has 0 saturated heterocycles. The van der Waals surface area contributed by atoms with Crippen molar-refractivity contribution in [2.45, 2.75) is 56.9 Å². The van der Waals surface area contributed by atoms with Gasteiger partial charge in [0, 0.05) is 0 Å². The molecular weight excluding hydrogens is 281 g/mol. The maximum atomic E-state index is 6.44. The molecule has 0 aliphatic carbocycles. The van der Waals surface area contributed by atoms with E-state index in [9.17, 15) is 0 Å². The van der Waals surface area contributed by atoms with Gasteiger partial charge < -0.3 is 0 Å². The molecule has 0 unspecified atom stereocenters. The predicted octanol–water partition coefficient (Wildman–Crippen LogP) is 3.65. The Hall–Kier alpha value is 0.640. The molecule has 0 saturated carbocycles. The van der Waals surface area contributed by atoms with Crippen LogP contribution in [-0.4, -0.2) is 35.6 Å². The van der Waals surface area contributed by atoms with Crippen LogP contribution in [0.15, 0.2) is 0 Å². The van der Waals surface area contributed by atoms with Gasteiger partial charge in [-0.15, -0.1) is 0 Å². The van der Waals surface area contributed by atoms with Crippen LogP contribution in [0.25, 0.3) is 0 Å². The second kappa shape index (κ2) is 7.87. The predicted molar refractivity (Wildman–Crippen MR) is 73.2 cm³/mol. The zero-order valence-electron chi connectivity index (χ0n) is 11.8. The summed E-state index contributed by atoms with van der Waals surface area (Å²) in [5.41, 5.74) is 0. The van der Waals surface area contributed by atoms with Crippen LogP contribution in [0.2, 0.25) is 22.3 Å². The Morgan fingerprint density at radius 2 is 1.19 bits per heavy atom. The number of hydrogen-bond donors (Lipinski definition) is 0. The topological polar surface area (TPSA) is 27.7 Å². The van der Waals surface area contributed by atoms with Gasteiger partial charge in [0.1, 0.15) is 0 Å². The van der Waals surface area contributed by atoms with Crippen molar-refractivity contribution < 1.29 is 12.3 Å². The van der Waals surface area contributed by atoms with Gasteiger partial charge in [0.05, 0.1) is 0 Å². The summed E-state index contributed by atoms with van der Waals surface area (Å²) in [6.45, 7) is 14.2. The van der Waals surface area contributed by atoms with Crippen LogP contribution in [0, 0.1) is 0 Å². The van der Waals surface area contributed by atoms with Gasteiger partial charge in [-0.3, -0.25) is 0 Å². The third-order valence-electron chi connectivity index (χ3n) is 3.15. The van der Waals surface area contributed by atoms with Gasteiger partial charge in [-0.05, 0) is 0 Å². The molecule has 3 nitrogen and oxygen atoms in total. The Balaban J connectivity index is 4.68. The molecule has 16 heavy (non-hydrogen) atoms. The van der Waals surface area contributed by atoms with E-state index in [1.54, 1.807) is 0 Å². The van der Waals surface area contributed by atoms with Gasteiger partial charge in [-0.2, -0.15) is 0 Å². The summed E-state index contributed by atoms with van der Waals surface area (Å²) in [4.78, 5) is 0. The van der Waals surface area contributed by atoms with E-state index in [2.05, 4.69) is 20.8 Å². The average Bonchev–Trinajstić information content (AvgIpc) is 2.27. The van der Waals surface area contributed by atoms with Crippen LogP contribution in [0.4, 0.5) is 0 Å². The van der Waals surface area contributed by atoms with Crippen LogP contribution in [-0.2, 0) is 12.3 Å². The standard InChI is InChI=1S/C11H28GeO3Si/c1-7-12(8-2,9-3)15-16(6,13-10-4)14-11-5/h7-11H2,1-6H3. The molecule has 0 spiro atoms. The summed E-state index contributed by atoms with van der Waals surface area (Å²) in [6.07, 6.45) is 0. The molecule has 0 heterocycles. The molecule has 5 heteroatoms. The Labute approximate surface area is 105 Å². The fourth-order valence-electron chi connectivity index (χ4n) is 1.98. The van der Waals surface area contributed by atoms with Crippen molar-refractivity contribution in [3.8, 4) is 0 Å². The Kier molecular flexibility index (Phi) is 8.18. The van der Waals surface area contributed by atoms with Gasteiger partial charge >= 0.3 is 105 Å². The summed E-state index contributed by atoms with van der Waals surface area (Å²) in [5.74, 6) is 0.